The third kappa shape index (κ3) is 9.81. The fourth-order valence-corrected chi connectivity index (χ4v) is 2.86. The fourth-order valence-electron chi connectivity index (χ4n) is 2.86. The molecule has 0 radical (unpaired) electrons. The van der Waals surface area contributed by atoms with Gasteiger partial charge in [-0.1, -0.05) is 5.18 Å². The van der Waals surface area contributed by atoms with Crippen LogP contribution in [0.25, 0.3) is 0 Å². The van der Waals surface area contributed by atoms with E-state index in [1.807, 2.05) is 0 Å². The molecule has 1 saturated heterocycles. The Labute approximate surface area is 179 Å². The van der Waals surface area contributed by atoms with E-state index in [4.69, 9.17) is 28.4 Å². The molecule has 13 heteroatoms. The number of nitroso groups, excluding NO2 is 1. The molecule has 1 N–H and O–H groups in total. The maximum absolute atomic E-state index is 11.8. The summed E-state index contributed by atoms with van der Waals surface area (Å²) in [5, 5.41) is 5.24. The summed E-state index contributed by atoms with van der Waals surface area (Å²) in [4.78, 5) is 56.5. The fraction of sp³-hybridized carbons (Fsp3) is 0.778. The third-order valence-electron chi connectivity index (χ3n) is 3.91. The summed E-state index contributed by atoms with van der Waals surface area (Å²) < 4.78 is 32.2. The van der Waals surface area contributed by atoms with Gasteiger partial charge in [0.1, 0.15) is 25.3 Å². The van der Waals surface area contributed by atoms with E-state index in [-0.39, 0.29) is 33.0 Å². The van der Waals surface area contributed by atoms with Gasteiger partial charge in [0.15, 0.2) is 18.5 Å². The quantitative estimate of drug-likeness (QED) is 0.176. The highest BCUT2D eigenvalue weighted by atomic mass is 16.7. The Morgan fingerprint density at radius 1 is 0.903 bits per heavy atom. The largest absolute Gasteiger partial charge is 0.463 e. The lowest BCUT2D eigenvalue weighted by molar-refractivity contribution is -0.279. The molecule has 1 rings (SSSR count). The molecule has 1 heterocycles. The Hall–Kier alpha value is -2.64. The number of hydrogen-bond donors (Lipinski definition) is 1. The second-order valence-electron chi connectivity index (χ2n) is 6.56. The van der Waals surface area contributed by atoms with Gasteiger partial charge in [-0.2, -0.15) is 4.91 Å². The number of amides is 1. The van der Waals surface area contributed by atoms with Gasteiger partial charge in [0.25, 0.3) is 0 Å². The van der Waals surface area contributed by atoms with Gasteiger partial charge >= 0.3 is 17.9 Å². The predicted octanol–water partition coefficient (Wildman–Crippen LogP) is -0.558. The van der Waals surface area contributed by atoms with Crippen molar-refractivity contribution in [2.24, 2.45) is 5.18 Å². The van der Waals surface area contributed by atoms with Crippen molar-refractivity contribution in [2.45, 2.75) is 58.3 Å². The van der Waals surface area contributed by atoms with Crippen LogP contribution in [0.2, 0.25) is 0 Å². The maximum Gasteiger partial charge on any atom is 0.303 e. The SMILES string of the molecule is CC(=O)NC1C(OCCOCCN=O)OC(COC(C)=O)C(OC(C)=O)C1OC(C)=O. The number of esters is 3. The van der Waals surface area contributed by atoms with Crippen LogP contribution in [0.3, 0.4) is 0 Å². The van der Waals surface area contributed by atoms with Crippen LogP contribution in [0, 0.1) is 4.91 Å². The van der Waals surface area contributed by atoms with Gasteiger partial charge in [-0.25, -0.2) is 0 Å². The van der Waals surface area contributed by atoms with Crippen LogP contribution >= 0.6 is 0 Å². The molecular formula is C18H28N2O11. The predicted molar refractivity (Wildman–Crippen MR) is 101 cm³/mol. The average Bonchev–Trinajstić information content (AvgIpc) is 2.66. The Balaban J connectivity index is 3.08. The lowest BCUT2D eigenvalue weighted by atomic mass is 9.96. The van der Waals surface area contributed by atoms with Gasteiger partial charge in [0.05, 0.1) is 19.8 Å². The Morgan fingerprint density at radius 2 is 1.55 bits per heavy atom. The zero-order chi connectivity index (χ0) is 23.4. The molecule has 0 bridgehead atoms. The number of carbonyl (C=O) groups excluding carboxylic acids is 4. The number of rotatable bonds is 12. The monoisotopic (exact) mass is 448 g/mol. The molecule has 5 atom stereocenters. The average molecular weight is 448 g/mol. The smallest absolute Gasteiger partial charge is 0.303 e. The van der Waals surface area contributed by atoms with E-state index in [1.165, 1.54) is 13.8 Å². The summed E-state index contributed by atoms with van der Waals surface area (Å²) in [5.74, 6) is -2.48. The first kappa shape index (κ1) is 26.4. The highest BCUT2D eigenvalue weighted by Crippen LogP contribution is 2.28. The number of nitrogens with one attached hydrogen (secondary N) is 1. The topological polar surface area (TPSA) is 165 Å². The minimum absolute atomic E-state index is 0.00901. The Bertz CT molecular complexity index is 642. The van der Waals surface area contributed by atoms with Crippen LogP contribution in [0.5, 0.6) is 0 Å². The van der Waals surface area contributed by atoms with Crippen molar-refractivity contribution in [1.82, 2.24) is 5.32 Å². The van der Waals surface area contributed by atoms with Crippen molar-refractivity contribution in [3.8, 4) is 0 Å². The molecule has 0 aromatic rings. The number of nitrogens with zero attached hydrogens (tertiary/aromatic N) is 1. The second kappa shape index (κ2) is 13.6. The second-order valence-corrected chi connectivity index (χ2v) is 6.56. The van der Waals surface area contributed by atoms with Crippen molar-refractivity contribution in [2.75, 3.05) is 33.0 Å². The van der Waals surface area contributed by atoms with Crippen LogP contribution < -0.4 is 5.32 Å². The van der Waals surface area contributed by atoms with Gasteiger partial charge in [0, 0.05) is 27.7 Å². The first-order chi connectivity index (χ1) is 14.6. The van der Waals surface area contributed by atoms with Crippen LogP contribution in [-0.2, 0) is 47.6 Å². The summed E-state index contributed by atoms with van der Waals surface area (Å²) in [5.41, 5.74) is 0. The Morgan fingerprint density at radius 3 is 2.10 bits per heavy atom. The molecule has 1 aliphatic rings. The van der Waals surface area contributed by atoms with Gasteiger partial charge < -0.3 is 33.7 Å². The van der Waals surface area contributed by atoms with E-state index < -0.39 is 54.5 Å². The Kier molecular flexibility index (Phi) is 11.6. The van der Waals surface area contributed by atoms with Gasteiger partial charge in [-0.15, -0.1) is 0 Å². The molecule has 31 heavy (non-hydrogen) atoms. The zero-order valence-corrected chi connectivity index (χ0v) is 17.9. The molecule has 5 unspecified atom stereocenters. The lowest BCUT2D eigenvalue weighted by Crippen LogP contribution is -2.66. The van der Waals surface area contributed by atoms with Crippen molar-refractivity contribution in [3.05, 3.63) is 4.91 Å². The first-order valence-corrected chi connectivity index (χ1v) is 9.54. The van der Waals surface area contributed by atoms with E-state index in [9.17, 15) is 24.1 Å². The van der Waals surface area contributed by atoms with Crippen molar-refractivity contribution in [3.63, 3.8) is 0 Å². The summed E-state index contributed by atoms with van der Waals surface area (Å²) in [6.07, 6.45) is -4.59. The molecule has 0 aromatic heterocycles. The molecule has 1 aliphatic heterocycles. The number of hydrogen-bond acceptors (Lipinski definition) is 12. The summed E-state index contributed by atoms with van der Waals surface area (Å²) >= 11 is 0. The highest BCUT2D eigenvalue weighted by Gasteiger charge is 2.51. The van der Waals surface area contributed by atoms with E-state index in [2.05, 4.69) is 10.5 Å². The first-order valence-electron chi connectivity index (χ1n) is 9.54. The van der Waals surface area contributed by atoms with Crippen molar-refractivity contribution < 1.29 is 47.6 Å². The summed E-state index contributed by atoms with van der Waals surface area (Å²) in [6.45, 7) is 4.57. The van der Waals surface area contributed by atoms with Crippen LogP contribution in [0.1, 0.15) is 27.7 Å². The van der Waals surface area contributed by atoms with Gasteiger partial charge in [0.2, 0.25) is 5.91 Å². The van der Waals surface area contributed by atoms with Crippen LogP contribution in [0.15, 0.2) is 5.18 Å². The molecule has 0 spiro atoms. The molecule has 13 nitrogen and oxygen atoms in total. The standard InChI is InChI=1S/C18H28N2O11/c1-10(21)20-15-17(30-13(4)24)16(29-12(3)23)14(9-28-11(2)22)31-18(15)27-8-7-26-6-5-19-25/h14-18H,5-9H2,1-4H3,(H,20,21). The van der Waals surface area contributed by atoms with Crippen LogP contribution in [-0.4, -0.2) is 87.4 Å². The van der Waals surface area contributed by atoms with E-state index in [1.54, 1.807) is 0 Å². The maximum atomic E-state index is 11.8. The highest BCUT2D eigenvalue weighted by molar-refractivity contribution is 5.73. The van der Waals surface area contributed by atoms with E-state index in [0.717, 1.165) is 13.8 Å². The van der Waals surface area contributed by atoms with E-state index in [0.29, 0.717) is 0 Å². The van der Waals surface area contributed by atoms with Crippen LogP contribution in [0.4, 0.5) is 0 Å². The molecule has 0 saturated carbocycles. The minimum atomic E-state index is -1.19. The van der Waals surface area contributed by atoms with E-state index >= 15 is 0 Å². The zero-order valence-electron chi connectivity index (χ0n) is 17.9. The molecule has 0 aliphatic carbocycles. The summed E-state index contributed by atoms with van der Waals surface area (Å²) in [6, 6.07) is -1.05. The molecule has 176 valence electrons. The molecular weight excluding hydrogens is 420 g/mol. The van der Waals surface area contributed by atoms with Crippen molar-refractivity contribution in [1.29, 1.82) is 0 Å². The lowest BCUT2D eigenvalue weighted by Gasteiger charge is -2.44. The van der Waals surface area contributed by atoms with Crippen molar-refractivity contribution >= 4 is 23.8 Å². The molecule has 1 fully saturated rings. The number of ether oxygens (including phenoxy) is 6. The summed E-state index contributed by atoms with van der Waals surface area (Å²) in [7, 11) is 0. The number of carbonyl (C=O) groups is 4. The minimum Gasteiger partial charge on any atom is -0.463 e. The van der Waals surface area contributed by atoms with Gasteiger partial charge in [-0.05, 0) is 0 Å². The molecule has 1 amide bonds. The normalized spacial score (nSPS) is 25.2. The molecule has 0 aromatic carbocycles. The third-order valence-corrected chi connectivity index (χ3v) is 3.91. The van der Waals surface area contributed by atoms with Gasteiger partial charge in [-0.3, -0.25) is 19.2 Å².